The molecule has 3 aromatic carbocycles. The molecule has 1 heterocycles. The molecule has 40 heavy (non-hydrogen) atoms. The fourth-order valence-electron chi connectivity index (χ4n) is 5.63. The molecule has 0 unspecified atom stereocenters. The number of ether oxygens (including phenoxy) is 1. The highest BCUT2D eigenvalue weighted by Crippen LogP contribution is 2.32. The topological polar surface area (TPSA) is 41.6 Å². The lowest BCUT2D eigenvalue weighted by Crippen LogP contribution is -2.40. The van der Waals surface area contributed by atoms with Crippen LogP contribution in [0.2, 0.25) is 5.02 Å². The van der Waals surface area contributed by atoms with Crippen LogP contribution < -0.4 is 10.1 Å². The van der Waals surface area contributed by atoms with Crippen LogP contribution in [-0.4, -0.2) is 43.1 Å². The molecule has 0 aromatic heterocycles. The summed E-state index contributed by atoms with van der Waals surface area (Å²) in [5.41, 5.74) is 9.36. The lowest BCUT2D eigenvalue weighted by molar-refractivity contribution is -0.127. The lowest BCUT2D eigenvalue weighted by Gasteiger charge is -2.28. The van der Waals surface area contributed by atoms with Gasteiger partial charge in [0, 0.05) is 29.7 Å². The Kier molecular flexibility index (Phi) is 9.29. The standard InChI is InChI=1S/C35H41ClN2O2/c1-24-10-11-25(2)34(26(24)3)40-22-6-7-27-12-14-28(15-13-27)31-18-20-37-23-32(31)35(39)38(30-16-17-30)21-19-29-8-4-5-9-33(29)36/h4-5,8-15,30,37H,6-7,16-23H2,1-3H3. The molecular formula is C35H41ClN2O2. The molecule has 1 amide bonds. The normalized spacial score (nSPS) is 15.3. The number of carbonyl (C=O) groups excluding carboxylic acids is 1. The van der Waals surface area contributed by atoms with Crippen LogP contribution >= 0.6 is 11.6 Å². The van der Waals surface area contributed by atoms with Gasteiger partial charge in [-0.15, -0.1) is 0 Å². The van der Waals surface area contributed by atoms with Gasteiger partial charge in [0.25, 0.3) is 5.91 Å². The molecule has 0 bridgehead atoms. The van der Waals surface area contributed by atoms with Gasteiger partial charge in [-0.2, -0.15) is 0 Å². The molecule has 0 atom stereocenters. The Morgan fingerprint density at radius 1 is 0.975 bits per heavy atom. The molecule has 5 heteroatoms. The summed E-state index contributed by atoms with van der Waals surface area (Å²) in [4.78, 5) is 16.0. The van der Waals surface area contributed by atoms with Crippen LogP contribution in [0, 0.1) is 20.8 Å². The number of hydrogen-bond acceptors (Lipinski definition) is 3. The van der Waals surface area contributed by atoms with Crippen molar-refractivity contribution < 1.29 is 9.53 Å². The van der Waals surface area contributed by atoms with Gasteiger partial charge in [-0.1, -0.05) is 66.2 Å². The van der Waals surface area contributed by atoms with E-state index in [2.05, 4.69) is 73.5 Å². The van der Waals surface area contributed by atoms with Gasteiger partial charge in [0.15, 0.2) is 0 Å². The highest BCUT2D eigenvalue weighted by molar-refractivity contribution is 6.31. The Balaban J connectivity index is 1.23. The molecule has 1 aliphatic heterocycles. The van der Waals surface area contributed by atoms with Crippen molar-refractivity contribution in [2.24, 2.45) is 0 Å². The summed E-state index contributed by atoms with van der Waals surface area (Å²) in [6.07, 6.45) is 5.75. The van der Waals surface area contributed by atoms with E-state index in [1.54, 1.807) is 0 Å². The first kappa shape index (κ1) is 28.4. The number of benzene rings is 3. The van der Waals surface area contributed by atoms with E-state index in [1.165, 1.54) is 27.8 Å². The molecule has 0 saturated heterocycles. The second-order valence-electron chi connectivity index (χ2n) is 11.3. The van der Waals surface area contributed by atoms with Crippen molar-refractivity contribution in [1.29, 1.82) is 0 Å². The monoisotopic (exact) mass is 556 g/mol. The molecular weight excluding hydrogens is 516 g/mol. The molecule has 1 saturated carbocycles. The van der Waals surface area contributed by atoms with Crippen molar-refractivity contribution in [3.8, 4) is 5.75 Å². The second kappa shape index (κ2) is 13.1. The Labute approximate surface area is 244 Å². The van der Waals surface area contributed by atoms with Crippen molar-refractivity contribution in [2.45, 2.75) is 65.3 Å². The summed E-state index contributed by atoms with van der Waals surface area (Å²) in [6, 6.07) is 21.4. The van der Waals surface area contributed by atoms with Crippen molar-refractivity contribution in [3.05, 3.63) is 105 Å². The average molecular weight is 557 g/mol. The van der Waals surface area contributed by atoms with Gasteiger partial charge >= 0.3 is 0 Å². The van der Waals surface area contributed by atoms with E-state index in [4.69, 9.17) is 16.3 Å². The number of carbonyl (C=O) groups is 1. The highest BCUT2D eigenvalue weighted by atomic mass is 35.5. The smallest absolute Gasteiger partial charge is 0.251 e. The Bertz CT molecular complexity index is 1370. The van der Waals surface area contributed by atoms with Gasteiger partial charge in [0.2, 0.25) is 0 Å². The molecule has 2 aliphatic rings. The van der Waals surface area contributed by atoms with E-state index in [1.807, 2.05) is 18.2 Å². The van der Waals surface area contributed by atoms with Gasteiger partial charge in [-0.05, 0) is 111 Å². The summed E-state index contributed by atoms with van der Waals surface area (Å²) in [7, 11) is 0. The first-order valence-corrected chi connectivity index (χ1v) is 15.1. The number of hydrogen-bond donors (Lipinski definition) is 1. The van der Waals surface area contributed by atoms with E-state index in [0.717, 1.165) is 72.5 Å². The van der Waals surface area contributed by atoms with Crippen LogP contribution in [0.25, 0.3) is 5.57 Å². The largest absolute Gasteiger partial charge is 0.493 e. The summed E-state index contributed by atoms with van der Waals surface area (Å²) in [5.74, 6) is 1.21. The zero-order valence-corrected chi connectivity index (χ0v) is 24.8. The third-order valence-electron chi connectivity index (χ3n) is 8.34. The Morgan fingerprint density at radius 3 is 2.48 bits per heavy atom. The van der Waals surface area contributed by atoms with Crippen LogP contribution in [0.15, 0.2) is 66.2 Å². The van der Waals surface area contributed by atoms with Gasteiger partial charge in [0.05, 0.1) is 6.61 Å². The fourth-order valence-corrected chi connectivity index (χ4v) is 5.86. The number of rotatable bonds is 11. The van der Waals surface area contributed by atoms with Gasteiger partial charge in [-0.3, -0.25) is 4.79 Å². The third-order valence-corrected chi connectivity index (χ3v) is 8.71. The maximum atomic E-state index is 13.9. The summed E-state index contributed by atoms with van der Waals surface area (Å²) < 4.78 is 6.17. The molecule has 4 nitrogen and oxygen atoms in total. The number of halogens is 1. The van der Waals surface area contributed by atoms with Crippen LogP contribution in [0.1, 0.15) is 59.1 Å². The summed E-state index contributed by atoms with van der Waals surface area (Å²) in [6.45, 7) is 9.29. The van der Waals surface area contributed by atoms with Crippen LogP contribution in [0.5, 0.6) is 5.75 Å². The van der Waals surface area contributed by atoms with E-state index >= 15 is 0 Å². The van der Waals surface area contributed by atoms with E-state index in [9.17, 15) is 4.79 Å². The quantitative estimate of drug-likeness (QED) is 0.253. The zero-order chi connectivity index (χ0) is 28.1. The fraction of sp³-hybridized carbons (Fsp3) is 0.400. The molecule has 1 N–H and O–H groups in total. The van der Waals surface area contributed by atoms with Crippen molar-refractivity contribution in [3.63, 3.8) is 0 Å². The maximum absolute atomic E-state index is 13.9. The minimum atomic E-state index is 0.180. The van der Waals surface area contributed by atoms with Crippen molar-refractivity contribution >= 4 is 23.1 Å². The molecule has 1 aliphatic carbocycles. The number of amides is 1. The molecule has 0 spiro atoms. The molecule has 210 valence electrons. The van der Waals surface area contributed by atoms with Crippen molar-refractivity contribution in [2.75, 3.05) is 26.2 Å². The minimum Gasteiger partial charge on any atom is -0.493 e. The van der Waals surface area contributed by atoms with E-state index < -0.39 is 0 Å². The molecule has 3 aromatic rings. The van der Waals surface area contributed by atoms with Crippen LogP contribution in [0.4, 0.5) is 0 Å². The predicted molar refractivity (Wildman–Crippen MR) is 165 cm³/mol. The van der Waals surface area contributed by atoms with E-state index in [-0.39, 0.29) is 5.91 Å². The van der Waals surface area contributed by atoms with Crippen molar-refractivity contribution in [1.82, 2.24) is 10.2 Å². The first-order chi connectivity index (χ1) is 19.4. The van der Waals surface area contributed by atoms with E-state index in [0.29, 0.717) is 25.7 Å². The van der Waals surface area contributed by atoms with Gasteiger partial charge in [0.1, 0.15) is 5.75 Å². The predicted octanol–water partition coefficient (Wildman–Crippen LogP) is 7.26. The Hall–Kier alpha value is -3.08. The van der Waals surface area contributed by atoms with Gasteiger partial charge in [-0.25, -0.2) is 0 Å². The van der Waals surface area contributed by atoms with Gasteiger partial charge < -0.3 is 15.0 Å². The zero-order valence-electron chi connectivity index (χ0n) is 24.1. The summed E-state index contributed by atoms with van der Waals surface area (Å²) in [5, 5.41) is 4.22. The maximum Gasteiger partial charge on any atom is 0.251 e. The second-order valence-corrected chi connectivity index (χ2v) is 11.7. The third kappa shape index (κ3) is 6.79. The van der Waals surface area contributed by atoms with Crippen LogP contribution in [-0.2, 0) is 17.6 Å². The SMILES string of the molecule is Cc1ccc(C)c(OCCCc2ccc(C3=C(C(=O)N(CCc4ccccc4Cl)C4CC4)CNCC3)cc2)c1C. The first-order valence-electron chi connectivity index (χ1n) is 14.7. The number of nitrogens with zero attached hydrogens (tertiary/aromatic N) is 1. The number of nitrogens with one attached hydrogen (secondary N) is 1. The molecule has 1 fully saturated rings. The summed E-state index contributed by atoms with van der Waals surface area (Å²) >= 11 is 6.40. The average Bonchev–Trinajstić information content (AvgIpc) is 3.81. The Morgan fingerprint density at radius 2 is 1.73 bits per heavy atom. The van der Waals surface area contributed by atoms with Crippen LogP contribution in [0.3, 0.4) is 0 Å². The highest BCUT2D eigenvalue weighted by Gasteiger charge is 2.35. The molecule has 5 rings (SSSR count). The lowest BCUT2D eigenvalue weighted by atomic mass is 9.92. The minimum absolute atomic E-state index is 0.180. The molecule has 0 radical (unpaired) electrons. The number of aryl methyl sites for hydroxylation is 3.